The molecule has 1 N–H and O–H groups in total. The van der Waals surface area contributed by atoms with Gasteiger partial charge in [-0.3, -0.25) is 0 Å². The molecule has 38 heavy (non-hydrogen) atoms. The maximum absolute atomic E-state index is 4.96. The minimum absolute atomic E-state index is 0.642. The second-order valence-corrected chi connectivity index (χ2v) is 9.03. The predicted molar refractivity (Wildman–Crippen MR) is 157 cm³/mol. The second kappa shape index (κ2) is 10.5. The number of hydrogen-bond donors (Lipinski definition) is 1. The maximum atomic E-state index is 4.96. The smallest absolute Gasteiger partial charge is 0.164 e. The highest BCUT2D eigenvalue weighted by Crippen LogP contribution is 2.33. The normalized spacial score (nSPS) is 10.8. The van der Waals surface area contributed by atoms with E-state index < -0.39 is 0 Å². The highest BCUT2D eigenvalue weighted by Gasteiger charge is 2.14. The van der Waals surface area contributed by atoms with Crippen LogP contribution in [0.25, 0.3) is 56.4 Å². The lowest BCUT2D eigenvalue weighted by molar-refractivity contribution is 1.07. The number of nitrogens with zero attached hydrogens (tertiary/aromatic N) is 3. The fourth-order valence-corrected chi connectivity index (χ4v) is 4.49. The number of aromatic nitrogens is 3. The summed E-state index contributed by atoms with van der Waals surface area (Å²) < 4.78 is 0. The Balaban J connectivity index is 1.56. The van der Waals surface area contributed by atoms with Crippen molar-refractivity contribution in [2.24, 2.45) is 0 Å². The molecule has 182 valence electrons. The Hall–Kier alpha value is -5.09. The highest BCUT2D eigenvalue weighted by molar-refractivity contribution is 5.80. The molecular formula is C34H26N4. The maximum Gasteiger partial charge on any atom is 0.164 e. The van der Waals surface area contributed by atoms with Gasteiger partial charge in [-0.25, -0.2) is 15.0 Å². The third-order valence-electron chi connectivity index (χ3n) is 6.50. The van der Waals surface area contributed by atoms with E-state index in [4.69, 9.17) is 15.0 Å². The number of rotatable bonds is 6. The van der Waals surface area contributed by atoms with E-state index in [1.54, 1.807) is 0 Å². The summed E-state index contributed by atoms with van der Waals surface area (Å²) in [6.45, 7) is 0. The molecule has 0 spiro atoms. The predicted octanol–water partition coefficient (Wildman–Crippen LogP) is 8.25. The molecule has 0 atom stereocenters. The number of nitrogens with one attached hydrogen (secondary N) is 1. The minimum Gasteiger partial charge on any atom is -0.388 e. The monoisotopic (exact) mass is 490 g/mol. The average Bonchev–Trinajstić information content (AvgIpc) is 3.02. The molecule has 0 aliphatic rings. The van der Waals surface area contributed by atoms with E-state index in [-0.39, 0.29) is 0 Å². The van der Waals surface area contributed by atoms with Crippen molar-refractivity contribution < 1.29 is 0 Å². The second-order valence-electron chi connectivity index (χ2n) is 9.03. The summed E-state index contributed by atoms with van der Waals surface area (Å²) in [4.78, 5) is 14.8. The van der Waals surface area contributed by atoms with E-state index >= 15 is 0 Å². The van der Waals surface area contributed by atoms with Crippen LogP contribution in [0, 0.1) is 0 Å². The molecule has 0 radical (unpaired) electrons. The Morgan fingerprint density at radius 3 is 1.18 bits per heavy atom. The van der Waals surface area contributed by atoms with Gasteiger partial charge in [0.25, 0.3) is 0 Å². The molecule has 6 rings (SSSR count). The van der Waals surface area contributed by atoms with Crippen molar-refractivity contribution in [2.45, 2.75) is 0 Å². The van der Waals surface area contributed by atoms with Gasteiger partial charge in [0, 0.05) is 29.4 Å². The molecule has 1 aromatic heterocycles. The molecule has 0 bridgehead atoms. The van der Waals surface area contributed by atoms with Crippen LogP contribution in [0.4, 0.5) is 5.69 Å². The molecule has 4 heteroatoms. The van der Waals surface area contributed by atoms with E-state index in [0.717, 1.165) is 44.6 Å². The van der Waals surface area contributed by atoms with E-state index in [1.165, 1.54) is 0 Å². The van der Waals surface area contributed by atoms with E-state index in [9.17, 15) is 0 Å². The molecule has 1 heterocycles. The summed E-state index contributed by atoms with van der Waals surface area (Å²) in [6, 6.07) is 45.6. The first-order chi connectivity index (χ1) is 18.8. The van der Waals surface area contributed by atoms with Crippen LogP contribution in [-0.2, 0) is 0 Å². The fourth-order valence-electron chi connectivity index (χ4n) is 4.49. The molecular weight excluding hydrogens is 464 g/mol. The largest absolute Gasteiger partial charge is 0.388 e. The molecule has 0 saturated heterocycles. The molecule has 0 saturated carbocycles. The van der Waals surface area contributed by atoms with Gasteiger partial charge in [-0.05, 0) is 52.6 Å². The van der Waals surface area contributed by atoms with Crippen molar-refractivity contribution in [1.29, 1.82) is 0 Å². The van der Waals surface area contributed by atoms with Gasteiger partial charge in [-0.15, -0.1) is 0 Å². The van der Waals surface area contributed by atoms with Crippen molar-refractivity contribution in [3.05, 3.63) is 133 Å². The molecule has 0 aliphatic carbocycles. The van der Waals surface area contributed by atoms with Crippen LogP contribution >= 0.6 is 0 Å². The van der Waals surface area contributed by atoms with Gasteiger partial charge in [0.15, 0.2) is 17.5 Å². The zero-order chi connectivity index (χ0) is 25.7. The van der Waals surface area contributed by atoms with Crippen LogP contribution in [0.1, 0.15) is 0 Å². The Kier molecular flexibility index (Phi) is 6.44. The summed E-state index contributed by atoms with van der Waals surface area (Å²) in [6.07, 6.45) is 0. The van der Waals surface area contributed by atoms with Crippen LogP contribution in [0.3, 0.4) is 0 Å². The van der Waals surface area contributed by atoms with Crippen molar-refractivity contribution in [2.75, 3.05) is 12.4 Å². The third kappa shape index (κ3) is 4.93. The van der Waals surface area contributed by atoms with Crippen molar-refractivity contribution in [3.63, 3.8) is 0 Å². The summed E-state index contributed by atoms with van der Waals surface area (Å²) in [5.41, 5.74) is 8.41. The zero-order valence-corrected chi connectivity index (χ0v) is 21.0. The lowest BCUT2D eigenvalue weighted by Crippen LogP contribution is -2.00. The van der Waals surface area contributed by atoms with Gasteiger partial charge in [-0.1, -0.05) is 103 Å². The van der Waals surface area contributed by atoms with Gasteiger partial charge in [0.2, 0.25) is 0 Å². The van der Waals surface area contributed by atoms with Crippen LogP contribution in [0.15, 0.2) is 133 Å². The summed E-state index contributed by atoms with van der Waals surface area (Å²) >= 11 is 0. The lowest BCUT2D eigenvalue weighted by Gasteiger charge is -2.13. The van der Waals surface area contributed by atoms with E-state index in [1.807, 2.05) is 73.8 Å². The number of anilines is 1. The molecule has 0 fully saturated rings. The van der Waals surface area contributed by atoms with E-state index in [2.05, 4.69) is 72.0 Å². The van der Waals surface area contributed by atoms with Crippen LogP contribution in [0.5, 0.6) is 0 Å². The topological polar surface area (TPSA) is 50.7 Å². The SMILES string of the molecule is CNc1ccc(-c2cc(-c3ccccc3)cc(-c3nc(-c4ccccc4)nc(-c4ccccc4)n3)c2)cc1. The van der Waals surface area contributed by atoms with Gasteiger partial charge in [-0.2, -0.15) is 0 Å². The van der Waals surface area contributed by atoms with Gasteiger partial charge < -0.3 is 5.32 Å². The van der Waals surface area contributed by atoms with Gasteiger partial charge in [0.05, 0.1) is 0 Å². The van der Waals surface area contributed by atoms with Crippen molar-refractivity contribution in [1.82, 2.24) is 15.0 Å². The Bertz CT molecular complexity index is 1610. The quantitative estimate of drug-likeness (QED) is 0.255. The fraction of sp³-hybridized carbons (Fsp3) is 0.0294. The Morgan fingerprint density at radius 2 is 0.737 bits per heavy atom. The molecule has 5 aromatic carbocycles. The molecule has 0 unspecified atom stereocenters. The van der Waals surface area contributed by atoms with Gasteiger partial charge >= 0.3 is 0 Å². The van der Waals surface area contributed by atoms with E-state index in [0.29, 0.717) is 17.5 Å². The van der Waals surface area contributed by atoms with Crippen molar-refractivity contribution >= 4 is 5.69 Å². The Morgan fingerprint density at radius 1 is 0.368 bits per heavy atom. The molecule has 4 nitrogen and oxygen atoms in total. The first-order valence-corrected chi connectivity index (χ1v) is 12.6. The number of benzene rings is 5. The minimum atomic E-state index is 0.642. The summed E-state index contributed by atoms with van der Waals surface area (Å²) in [5, 5.41) is 3.20. The standard InChI is InChI=1S/C34H26N4/c1-35-31-19-17-25(18-20-31)29-21-28(24-11-5-2-6-12-24)22-30(23-29)34-37-32(26-13-7-3-8-14-26)36-33(38-34)27-15-9-4-10-16-27/h2-23,35H,1H3. The Labute approximate surface area is 222 Å². The van der Waals surface area contributed by atoms with Gasteiger partial charge in [0.1, 0.15) is 0 Å². The summed E-state index contributed by atoms with van der Waals surface area (Å²) in [7, 11) is 1.93. The molecule has 0 amide bonds. The average molecular weight is 491 g/mol. The summed E-state index contributed by atoms with van der Waals surface area (Å²) in [5.74, 6) is 1.95. The van der Waals surface area contributed by atoms with Crippen molar-refractivity contribution in [3.8, 4) is 56.4 Å². The third-order valence-corrected chi connectivity index (χ3v) is 6.50. The zero-order valence-electron chi connectivity index (χ0n) is 21.0. The highest BCUT2D eigenvalue weighted by atomic mass is 15.0. The first-order valence-electron chi connectivity index (χ1n) is 12.6. The van der Waals surface area contributed by atoms with Crippen LogP contribution in [0.2, 0.25) is 0 Å². The lowest BCUT2D eigenvalue weighted by atomic mass is 9.95. The van der Waals surface area contributed by atoms with Crippen LogP contribution < -0.4 is 5.32 Å². The molecule has 0 aliphatic heterocycles. The molecule has 6 aromatic rings. The number of hydrogen-bond acceptors (Lipinski definition) is 4. The first kappa shape index (κ1) is 23.3. The van der Waals surface area contributed by atoms with Crippen LogP contribution in [-0.4, -0.2) is 22.0 Å².